The fourth-order valence-electron chi connectivity index (χ4n) is 4.36. The highest BCUT2D eigenvalue weighted by molar-refractivity contribution is 5.91. The molecule has 36 heavy (non-hydrogen) atoms. The number of aliphatic carboxylic acids is 1. The first-order valence-electron chi connectivity index (χ1n) is 11.6. The second kappa shape index (κ2) is 10.4. The van der Waals surface area contributed by atoms with E-state index >= 15 is 0 Å². The largest absolute Gasteiger partial charge is 0.478 e. The predicted molar refractivity (Wildman–Crippen MR) is 141 cm³/mol. The minimum atomic E-state index is -1.05. The third-order valence-electron chi connectivity index (χ3n) is 5.90. The molecule has 0 amide bonds. The normalized spacial score (nSPS) is 11.6. The van der Waals surface area contributed by atoms with E-state index in [1.165, 1.54) is 0 Å². The first-order chi connectivity index (χ1) is 17.3. The van der Waals surface area contributed by atoms with Crippen LogP contribution in [0.15, 0.2) is 59.4 Å². The molecule has 0 aliphatic carbocycles. The number of para-hydroxylation sites is 1. The van der Waals surface area contributed by atoms with Gasteiger partial charge in [0.2, 0.25) is 5.95 Å². The first-order valence-corrected chi connectivity index (χ1v) is 11.6. The third kappa shape index (κ3) is 5.10. The predicted octanol–water partition coefficient (Wildman–Crippen LogP) is 3.91. The summed E-state index contributed by atoms with van der Waals surface area (Å²) in [5.74, 6) is 0.182. The van der Waals surface area contributed by atoms with Crippen molar-refractivity contribution in [3.05, 3.63) is 87.6 Å². The number of hydrogen-bond donors (Lipinski definition) is 3. The second-order valence-corrected chi connectivity index (χ2v) is 8.56. The third-order valence-corrected chi connectivity index (χ3v) is 5.90. The van der Waals surface area contributed by atoms with Gasteiger partial charge in [-0.05, 0) is 56.5 Å². The molecule has 2 aromatic heterocycles. The summed E-state index contributed by atoms with van der Waals surface area (Å²) in [4.78, 5) is 38.0. The number of fused-ring (bicyclic) bond motifs is 1. The monoisotopic (exact) mass is 484 g/mol. The summed E-state index contributed by atoms with van der Waals surface area (Å²) in [6.07, 6.45) is 2.28. The lowest BCUT2D eigenvalue weighted by molar-refractivity contribution is -0.131. The van der Waals surface area contributed by atoms with Gasteiger partial charge >= 0.3 is 5.97 Å². The molecule has 0 fully saturated rings. The minimum absolute atomic E-state index is 0.0943. The van der Waals surface area contributed by atoms with E-state index in [0.29, 0.717) is 58.8 Å². The van der Waals surface area contributed by atoms with Crippen molar-refractivity contribution in [3.63, 3.8) is 0 Å². The summed E-state index contributed by atoms with van der Waals surface area (Å²) in [5.41, 5.74) is 9.78. The molecule has 0 unspecified atom stereocenters. The van der Waals surface area contributed by atoms with E-state index in [-0.39, 0.29) is 11.5 Å². The smallest absolute Gasteiger partial charge is 0.328 e. The van der Waals surface area contributed by atoms with E-state index in [1.807, 2.05) is 55.5 Å². The maximum Gasteiger partial charge on any atom is 0.328 e. The molecule has 2 heterocycles. The zero-order chi connectivity index (χ0) is 25.8. The molecule has 9 heteroatoms. The highest BCUT2D eigenvalue weighted by Crippen LogP contribution is 2.25. The van der Waals surface area contributed by atoms with Crippen molar-refractivity contribution < 1.29 is 9.90 Å². The molecule has 4 rings (SSSR count). The molecule has 0 aliphatic rings. The van der Waals surface area contributed by atoms with Crippen LogP contribution in [-0.2, 0) is 11.2 Å². The molecule has 0 saturated carbocycles. The van der Waals surface area contributed by atoms with Crippen molar-refractivity contribution in [2.75, 3.05) is 17.6 Å². The number of rotatable bonds is 8. The standard InChI is InChI=1S/C27H28N6O3/c1-16-9-7-12-20-24(16)26(36)33(19-10-5-4-6-11-19)21(31-20)13-8-14-29-25-23(17(2)15-22(34)35)18(3)30-27(28)32-25/h4-7,9-12,15H,8,13-14H2,1-3H3,(H,34,35)(H3,28,29,30,32)/b17-15-. The maximum absolute atomic E-state index is 13.5. The Balaban J connectivity index is 1.63. The molecule has 0 spiro atoms. The molecule has 0 aliphatic heterocycles. The van der Waals surface area contributed by atoms with Crippen LogP contribution in [-0.4, -0.2) is 37.1 Å². The molecule has 184 valence electrons. The van der Waals surface area contributed by atoms with Gasteiger partial charge in [0, 0.05) is 24.6 Å². The average molecular weight is 485 g/mol. The number of hydrogen-bond acceptors (Lipinski definition) is 7. The molecule has 9 nitrogen and oxygen atoms in total. The molecule has 0 saturated heterocycles. The van der Waals surface area contributed by atoms with E-state index in [0.717, 1.165) is 17.3 Å². The van der Waals surface area contributed by atoms with Crippen LogP contribution >= 0.6 is 0 Å². The number of nitrogen functional groups attached to an aromatic ring is 1. The van der Waals surface area contributed by atoms with Crippen LogP contribution < -0.4 is 16.6 Å². The van der Waals surface area contributed by atoms with Gasteiger partial charge < -0.3 is 16.2 Å². The van der Waals surface area contributed by atoms with Crippen molar-refractivity contribution in [3.8, 4) is 5.69 Å². The van der Waals surface area contributed by atoms with E-state index in [2.05, 4.69) is 15.3 Å². The number of carbonyl (C=O) groups is 1. The summed E-state index contributed by atoms with van der Waals surface area (Å²) >= 11 is 0. The molecule has 0 bridgehead atoms. The zero-order valence-corrected chi connectivity index (χ0v) is 20.4. The Kier molecular flexibility index (Phi) is 7.10. The fourth-order valence-corrected chi connectivity index (χ4v) is 4.36. The van der Waals surface area contributed by atoms with Crippen molar-refractivity contribution >= 4 is 34.2 Å². The number of anilines is 2. The van der Waals surface area contributed by atoms with Gasteiger partial charge in [-0.25, -0.2) is 14.8 Å². The van der Waals surface area contributed by atoms with Gasteiger partial charge in [-0.2, -0.15) is 4.98 Å². The number of benzene rings is 2. The SMILES string of the molecule is C/C(=C/C(=O)O)c1c(C)nc(N)nc1NCCCc1nc2cccc(C)c2c(=O)n1-c1ccccc1. The Morgan fingerprint density at radius 1 is 1.08 bits per heavy atom. The Morgan fingerprint density at radius 3 is 2.56 bits per heavy atom. The maximum atomic E-state index is 13.5. The van der Waals surface area contributed by atoms with Gasteiger partial charge in [0.1, 0.15) is 11.6 Å². The summed E-state index contributed by atoms with van der Waals surface area (Å²) in [7, 11) is 0. The second-order valence-electron chi connectivity index (χ2n) is 8.56. The number of nitrogens with one attached hydrogen (secondary N) is 1. The van der Waals surface area contributed by atoms with Gasteiger partial charge in [0.25, 0.3) is 5.56 Å². The van der Waals surface area contributed by atoms with Crippen LogP contribution in [0.25, 0.3) is 22.2 Å². The van der Waals surface area contributed by atoms with Gasteiger partial charge in [-0.15, -0.1) is 0 Å². The van der Waals surface area contributed by atoms with Crippen LogP contribution in [0.3, 0.4) is 0 Å². The molecular formula is C27H28N6O3. The number of aryl methyl sites for hydroxylation is 3. The van der Waals surface area contributed by atoms with Gasteiger partial charge in [-0.1, -0.05) is 30.3 Å². The Labute approximate surface area is 208 Å². The molecule has 0 radical (unpaired) electrons. The Bertz CT molecular complexity index is 1530. The van der Waals surface area contributed by atoms with E-state index in [9.17, 15) is 9.59 Å². The van der Waals surface area contributed by atoms with E-state index < -0.39 is 5.97 Å². The highest BCUT2D eigenvalue weighted by Gasteiger charge is 2.16. The summed E-state index contributed by atoms with van der Waals surface area (Å²) in [6.45, 7) is 5.87. The van der Waals surface area contributed by atoms with Crippen LogP contribution in [0.4, 0.5) is 11.8 Å². The van der Waals surface area contributed by atoms with Crippen molar-refractivity contribution in [1.82, 2.24) is 19.5 Å². The average Bonchev–Trinajstić information content (AvgIpc) is 2.81. The summed E-state index contributed by atoms with van der Waals surface area (Å²) in [5, 5.41) is 13.0. The molecule has 0 atom stereocenters. The summed E-state index contributed by atoms with van der Waals surface area (Å²) < 4.78 is 1.67. The molecule has 4 N–H and O–H groups in total. The topological polar surface area (TPSA) is 136 Å². The van der Waals surface area contributed by atoms with Crippen LogP contribution in [0.5, 0.6) is 0 Å². The summed E-state index contributed by atoms with van der Waals surface area (Å²) in [6, 6.07) is 15.2. The number of nitrogens with zero attached hydrogens (tertiary/aromatic N) is 4. The van der Waals surface area contributed by atoms with Gasteiger partial charge in [0.15, 0.2) is 0 Å². The van der Waals surface area contributed by atoms with E-state index in [1.54, 1.807) is 18.4 Å². The number of aromatic nitrogens is 4. The van der Waals surface area contributed by atoms with Crippen LogP contribution in [0.1, 0.15) is 36.0 Å². The fraction of sp³-hybridized carbons (Fsp3) is 0.222. The van der Waals surface area contributed by atoms with Crippen molar-refractivity contribution in [2.45, 2.75) is 33.6 Å². The Morgan fingerprint density at radius 2 is 1.83 bits per heavy atom. The van der Waals surface area contributed by atoms with Crippen molar-refractivity contribution in [2.24, 2.45) is 0 Å². The van der Waals surface area contributed by atoms with Crippen LogP contribution in [0.2, 0.25) is 0 Å². The number of nitrogens with two attached hydrogens (primary N) is 1. The lowest BCUT2D eigenvalue weighted by Gasteiger charge is -2.16. The lowest BCUT2D eigenvalue weighted by Crippen LogP contribution is -2.25. The zero-order valence-electron chi connectivity index (χ0n) is 20.4. The number of allylic oxidation sites excluding steroid dienone is 1. The Hall–Kier alpha value is -4.53. The van der Waals surface area contributed by atoms with Gasteiger partial charge in [-0.3, -0.25) is 9.36 Å². The number of carboxylic acids is 1. The van der Waals surface area contributed by atoms with Crippen molar-refractivity contribution in [1.29, 1.82) is 0 Å². The lowest BCUT2D eigenvalue weighted by atomic mass is 10.1. The van der Waals surface area contributed by atoms with E-state index in [4.69, 9.17) is 15.8 Å². The quantitative estimate of drug-likeness (QED) is 0.253. The van der Waals surface area contributed by atoms with Crippen LogP contribution in [0, 0.1) is 13.8 Å². The molecular weight excluding hydrogens is 456 g/mol. The van der Waals surface area contributed by atoms with Gasteiger partial charge in [0.05, 0.1) is 22.3 Å². The minimum Gasteiger partial charge on any atom is -0.478 e. The first kappa shape index (κ1) is 24.6. The number of carboxylic acid groups (broad SMARTS) is 1. The molecule has 4 aromatic rings. The molecule has 2 aromatic carbocycles. The highest BCUT2D eigenvalue weighted by atomic mass is 16.4.